The van der Waals surface area contributed by atoms with Gasteiger partial charge in [-0.1, -0.05) is 90.1 Å². The van der Waals surface area contributed by atoms with Crippen LogP contribution in [0, 0.1) is 0 Å². The van der Waals surface area contributed by atoms with Crippen molar-refractivity contribution in [2.24, 2.45) is 0 Å². The smallest absolute Gasteiger partial charge is 0.00257 e. The number of rotatable bonds is 2. The highest BCUT2D eigenvalue weighted by atomic mass is 14.3. The standard InChI is InChI=1S/C21H28/c1-20(2,3)18-13-12-17(15-19(18)21(4,5)6)14-16-10-8-7-9-11-16/h7-13,15H,14H2,1-6H3. The third kappa shape index (κ3) is 3.97. The lowest BCUT2D eigenvalue weighted by molar-refractivity contribution is 0.529. The van der Waals surface area contributed by atoms with Gasteiger partial charge in [0.1, 0.15) is 0 Å². The van der Waals surface area contributed by atoms with Crippen molar-refractivity contribution in [1.29, 1.82) is 0 Å². The Morgan fingerprint density at radius 3 is 1.71 bits per heavy atom. The Labute approximate surface area is 130 Å². The summed E-state index contributed by atoms with van der Waals surface area (Å²) in [6, 6.07) is 17.7. The van der Waals surface area contributed by atoms with Gasteiger partial charge in [0.25, 0.3) is 0 Å². The normalized spacial score (nSPS) is 12.5. The fourth-order valence-electron chi connectivity index (χ4n) is 2.81. The highest BCUT2D eigenvalue weighted by Gasteiger charge is 2.25. The fourth-order valence-corrected chi connectivity index (χ4v) is 2.81. The van der Waals surface area contributed by atoms with Crippen LogP contribution in [0.5, 0.6) is 0 Å². The summed E-state index contributed by atoms with van der Waals surface area (Å²) in [6.07, 6.45) is 1.01. The van der Waals surface area contributed by atoms with E-state index >= 15 is 0 Å². The van der Waals surface area contributed by atoms with Crippen LogP contribution in [0.1, 0.15) is 63.8 Å². The Morgan fingerprint density at radius 1 is 0.619 bits per heavy atom. The average Bonchev–Trinajstić information content (AvgIpc) is 2.37. The van der Waals surface area contributed by atoms with Crippen molar-refractivity contribution in [2.45, 2.75) is 58.8 Å². The van der Waals surface area contributed by atoms with Crippen LogP contribution in [0.25, 0.3) is 0 Å². The highest BCUT2D eigenvalue weighted by Crippen LogP contribution is 2.34. The molecule has 0 bridgehead atoms. The first-order valence-electron chi connectivity index (χ1n) is 7.86. The van der Waals surface area contributed by atoms with Gasteiger partial charge >= 0.3 is 0 Å². The summed E-state index contributed by atoms with van der Waals surface area (Å²) in [7, 11) is 0. The van der Waals surface area contributed by atoms with Crippen LogP contribution in [0.4, 0.5) is 0 Å². The molecule has 0 radical (unpaired) electrons. The minimum atomic E-state index is 0.176. The lowest BCUT2D eigenvalue weighted by Crippen LogP contribution is -2.22. The van der Waals surface area contributed by atoms with Crippen molar-refractivity contribution >= 4 is 0 Å². The first kappa shape index (κ1) is 15.8. The van der Waals surface area contributed by atoms with Crippen molar-refractivity contribution in [3.63, 3.8) is 0 Å². The molecule has 2 aromatic carbocycles. The summed E-state index contributed by atoms with van der Waals surface area (Å²) in [6.45, 7) is 13.8. The van der Waals surface area contributed by atoms with Crippen LogP contribution >= 0.6 is 0 Å². The molecule has 0 unspecified atom stereocenters. The molecule has 0 nitrogen and oxygen atoms in total. The number of benzene rings is 2. The maximum absolute atomic E-state index is 2.41. The zero-order valence-electron chi connectivity index (χ0n) is 14.3. The SMILES string of the molecule is CC(C)(C)c1ccc(Cc2ccccc2)cc1C(C)(C)C. The Balaban J connectivity index is 2.43. The Morgan fingerprint density at radius 2 is 1.19 bits per heavy atom. The molecule has 0 saturated carbocycles. The summed E-state index contributed by atoms with van der Waals surface area (Å²) in [4.78, 5) is 0. The Bertz CT molecular complexity index is 592. The van der Waals surface area contributed by atoms with Gasteiger partial charge in [0.2, 0.25) is 0 Å². The van der Waals surface area contributed by atoms with E-state index in [4.69, 9.17) is 0 Å². The van der Waals surface area contributed by atoms with Gasteiger partial charge in [0, 0.05) is 0 Å². The van der Waals surface area contributed by atoms with Gasteiger partial charge in [-0.15, -0.1) is 0 Å². The summed E-state index contributed by atoms with van der Waals surface area (Å²) in [5.74, 6) is 0. The van der Waals surface area contributed by atoms with Gasteiger partial charge in [-0.2, -0.15) is 0 Å². The molecule has 0 heteroatoms. The van der Waals surface area contributed by atoms with Gasteiger partial charge in [-0.05, 0) is 39.5 Å². The van der Waals surface area contributed by atoms with E-state index in [2.05, 4.69) is 90.1 Å². The van der Waals surface area contributed by atoms with Crippen molar-refractivity contribution in [3.8, 4) is 0 Å². The van der Waals surface area contributed by atoms with E-state index < -0.39 is 0 Å². The molecule has 112 valence electrons. The van der Waals surface area contributed by atoms with Gasteiger partial charge < -0.3 is 0 Å². The molecule has 21 heavy (non-hydrogen) atoms. The fraction of sp³-hybridized carbons (Fsp3) is 0.429. The summed E-state index contributed by atoms with van der Waals surface area (Å²) < 4.78 is 0. The molecule has 0 aliphatic carbocycles. The molecule has 0 atom stereocenters. The molecular weight excluding hydrogens is 252 g/mol. The van der Waals surface area contributed by atoms with Crippen molar-refractivity contribution < 1.29 is 0 Å². The van der Waals surface area contributed by atoms with E-state index in [0.29, 0.717) is 0 Å². The third-order valence-corrected chi connectivity index (χ3v) is 3.95. The van der Waals surface area contributed by atoms with Crippen LogP contribution in [-0.4, -0.2) is 0 Å². The maximum Gasteiger partial charge on any atom is -0.00257 e. The van der Waals surface area contributed by atoms with Crippen LogP contribution < -0.4 is 0 Å². The minimum absolute atomic E-state index is 0.176. The molecule has 0 amide bonds. The lowest BCUT2D eigenvalue weighted by Gasteiger charge is -2.30. The zero-order chi connectivity index (χ0) is 15.7. The second-order valence-corrected chi connectivity index (χ2v) is 8.04. The predicted octanol–water partition coefficient (Wildman–Crippen LogP) is 5.87. The first-order valence-corrected chi connectivity index (χ1v) is 7.86. The van der Waals surface area contributed by atoms with Crippen LogP contribution in [0.15, 0.2) is 48.5 Å². The molecular formula is C21H28. The maximum atomic E-state index is 2.41. The topological polar surface area (TPSA) is 0 Å². The molecule has 0 aromatic heterocycles. The summed E-state index contributed by atoms with van der Waals surface area (Å²) in [5, 5.41) is 0. The van der Waals surface area contributed by atoms with E-state index in [1.54, 1.807) is 0 Å². The molecule has 0 saturated heterocycles. The third-order valence-electron chi connectivity index (χ3n) is 3.95. The van der Waals surface area contributed by atoms with E-state index in [1.807, 2.05) is 0 Å². The van der Waals surface area contributed by atoms with E-state index in [0.717, 1.165) is 6.42 Å². The first-order chi connectivity index (χ1) is 9.68. The second-order valence-electron chi connectivity index (χ2n) is 8.04. The van der Waals surface area contributed by atoms with Crippen LogP contribution in [0.3, 0.4) is 0 Å². The van der Waals surface area contributed by atoms with E-state index in [9.17, 15) is 0 Å². The average molecular weight is 280 g/mol. The summed E-state index contributed by atoms with van der Waals surface area (Å²) in [5.41, 5.74) is 6.08. The largest absolute Gasteiger partial charge is 0.0622 e. The van der Waals surface area contributed by atoms with Gasteiger partial charge in [0.05, 0.1) is 0 Å². The van der Waals surface area contributed by atoms with Crippen molar-refractivity contribution in [1.82, 2.24) is 0 Å². The summed E-state index contributed by atoms with van der Waals surface area (Å²) >= 11 is 0. The molecule has 0 aliphatic heterocycles. The van der Waals surface area contributed by atoms with Crippen LogP contribution in [-0.2, 0) is 17.3 Å². The molecule has 0 fully saturated rings. The molecule has 2 rings (SSSR count). The predicted molar refractivity (Wildman–Crippen MR) is 93.1 cm³/mol. The van der Waals surface area contributed by atoms with E-state index in [-0.39, 0.29) is 10.8 Å². The quantitative estimate of drug-likeness (QED) is 0.645. The van der Waals surface area contributed by atoms with Gasteiger partial charge in [-0.25, -0.2) is 0 Å². The molecule has 0 spiro atoms. The van der Waals surface area contributed by atoms with Crippen molar-refractivity contribution in [2.75, 3.05) is 0 Å². The van der Waals surface area contributed by atoms with Gasteiger partial charge in [-0.3, -0.25) is 0 Å². The lowest BCUT2D eigenvalue weighted by atomic mass is 9.74. The monoisotopic (exact) mass is 280 g/mol. The van der Waals surface area contributed by atoms with Gasteiger partial charge in [0.15, 0.2) is 0 Å². The van der Waals surface area contributed by atoms with Crippen molar-refractivity contribution in [3.05, 3.63) is 70.8 Å². The number of hydrogen-bond acceptors (Lipinski definition) is 0. The Kier molecular flexibility index (Phi) is 4.27. The number of hydrogen-bond donors (Lipinski definition) is 0. The molecule has 2 aromatic rings. The minimum Gasteiger partial charge on any atom is -0.0622 e. The Hall–Kier alpha value is -1.56. The van der Waals surface area contributed by atoms with E-state index in [1.165, 1.54) is 22.3 Å². The molecule has 0 heterocycles. The zero-order valence-corrected chi connectivity index (χ0v) is 14.3. The molecule has 0 N–H and O–H groups in total. The highest BCUT2D eigenvalue weighted by molar-refractivity contribution is 5.42. The van der Waals surface area contributed by atoms with Crippen LogP contribution in [0.2, 0.25) is 0 Å². The molecule has 0 aliphatic rings. The second kappa shape index (κ2) is 5.67.